The molecule has 12 heavy (non-hydrogen) atoms. The first kappa shape index (κ1) is 8.88. The second kappa shape index (κ2) is 3.46. The summed E-state index contributed by atoms with van der Waals surface area (Å²) in [7, 11) is 1.37. The zero-order chi connectivity index (χ0) is 9.14. The van der Waals surface area contributed by atoms with E-state index in [-0.39, 0.29) is 11.3 Å². The molecule has 1 rings (SSSR count). The SMILES string of the molecule is COc1c(S)ccc(F)c1C#N. The molecule has 0 aromatic heterocycles. The Morgan fingerprint density at radius 1 is 1.58 bits per heavy atom. The zero-order valence-electron chi connectivity index (χ0n) is 6.34. The Labute approximate surface area is 75.0 Å². The Bertz CT molecular complexity index is 346. The van der Waals surface area contributed by atoms with Gasteiger partial charge in [-0.2, -0.15) is 5.26 Å². The summed E-state index contributed by atoms with van der Waals surface area (Å²) < 4.78 is 17.7. The second-order valence-electron chi connectivity index (χ2n) is 2.09. The summed E-state index contributed by atoms with van der Waals surface area (Å²) in [6.07, 6.45) is 0. The van der Waals surface area contributed by atoms with Gasteiger partial charge in [-0.25, -0.2) is 4.39 Å². The average molecular weight is 183 g/mol. The minimum absolute atomic E-state index is 0.106. The van der Waals surface area contributed by atoms with E-state index in [0.717, 1.165) is 0 Å². The van der Waals surface area contributed by atoms with E-state index in [1.165, 1.54) is 19.2 Å². The minimum atomic E-state index is -0.591. The van der Waals surface area contributed by atoms with E-state index < -0.39 is 5.82 Å². The molecule has 0 atom stereocenters. The Balaban J connectivity index is 3.41. The Kier molecular flexibility index (Phi) is 2.56. The summed E-state index contributed by atoms with van der Waals surface area (Å²) in [5.74, 6) is -0.409. The molecule has 0 saturated carbocycles. The zero-order valence-corrected chi connectivity index (χ0v) is 7.23. The van der Waals surface area contributed by atoms with Crippen LogP contribution in [0.3, 0.4) is 0 Å². The fourth-order valence-corrected chi connectivity index (χ4v) is 1.14. The highest BCUT2D eigenvalue weighted by molar-refractivity contribution is 7.80. The van der Waals surface area contributed by atoms with Crippen LogP contribution in [0.1, 0.15) is 5.56 Å². The standard InChI is InChI=1S/C8H6FNOS/c1-11-8-5(4-10)6(9)2-3-7(8)12/h2-3,12H,1H3. The van der Waals surface area contributed by atoms with Crippen molar-refractivity contribution in [1.29, 1.82) is 5.26 Å². The van der Waals surface area contributed by atoms with E-state index in [1.807, 2.05) is 0 Å². The van der Waals surface area contributed by atoms with Crippen molar-refractivity contribution < 1.29 is 9.13 Å². The fourth-order valence-electron chi connectivity index (χ4n) is 0.858. The number of ether oxygens (including phenoxy) is 1. The lowest BCUT2D eigenvalue weighted by Gasteiger charge is -2.05. The van der Waals surface area contributed by atoms with Crippen molar-refractivity contribution in [1.82, 2.24) is 0 Å². The van der Waals surface area contributed by atoms with Crippen LogP contribution in [0.2, 0.25) is 0 Å². The number of hydrogen-bond acceptors (Lipinski definition) is 3. The number of thiol groups is 1. The Morgan fingerprint density at radius 2 is 2.25 bits per heavy atom. The molecule has 0 aliphatic heterocycles. The Hall–Kier alpha value is -1.21. The van der Waals surface area contributed by atoms with Crippen molar-refractivity contribution in [2.24, 2.45) is 0 Å². The van der Waals surface area contributed by atoms with Crippen LogP contribution < -0.4 is 4.74 Å². The van der Waals surface area contributed by atoms with Gasteiger partial charge in [0.05, 0.1) is 7.11 Å². The number of rotatable bonds is 1. The number of benzene rings is 1. The number of halogens is 1. The van der Waals surface area contributed by atoms with Crippen LogP contribution in [0.15, 0.2) is 17.0 Å². The average Bonchev–Trinajstić information content (AvgIpc) is 2.08. The molecule has 0 aliphatic rings. The normalized spacial score (nSPS) is 9.17. The summed E-state index contributed by atoms with van der Waals surface area (Å²) in [5.41, 5.74) is -0.106. The molecule has 4 heteroatoms. The maximum Gasteiger partial charge on any atom is 0.152 e. The summed E-state index contributed by atoms with van der Waals surface area (Å²) in [6.45, 7) is 0. The molecule has 0 saturated heterocycles. The van der Waals surface area contributed by atoms with Crippen LogP contribution in [0, 0.1) is 17.1 Å². The van der Waals surface area contributed by atoms with E-state index in [1.54, 1.807) is 6.07 Å². The van der Waals surface area contributed by atoms with Crippen LogP contribution in [-0.4, -0.2) is 7.11 Å². The monoisotopic (exact) mass is 183 g/mol. The predicted molar refractivity (Wildman–Crippen MR) is 44.9 cm³/mol. The fraction of sp³-hybridized carbons (Fsp3) is 0.125. The molecule has 0 bridgehead atoms. The molecule has 0 heterocycles. The first-order valence-corrected chi connectivity index (χ1v) is 3.61. The van der Waals surface area contributed by atoms with Gasteiger partial charge < -0.3 is 4.74 Å². The summed E-state index contributed by atoms with van der Waals surface area (Å²) in [6, 6.07) is 4.33. The van der Waals surface area contributed by atoms with Crippen molar-refractivity contribution in [3.05, 3.63) is 23.5 Å². The van der Waals surface area contributed by atoms with Crippen LogP contribution in [0.5, 0.6) is 5.75 Å². The third kappa shape index (κ3) is 1.36. The molecule has 1 aromatic carbocycles. The van der Waals surface area contributed by atoms with Crippen LogP contribution in [-0.2, 0) is 0 Å². The molecule has 62 valence electrons. The molecule has 0 amide bonds. The number of methoxy groups -OCH3 is 1. The van der Waals surface area contributed by atoms with Crippen LogP contribution in [0.4, 0.5) is 4.39 Å². The van der Waals surface area contributed by atoms with Gasteiger partial charge in [0.1, 0.15) is 17.4 Å². The van der Waals surface area contributed by atoms with Gasteiger partial charge >= 0.3 is 0 Å². The first-order valence-electron chi connectivity index (χ1n) is 3.16. The molecule has 0 unspecified atom stereocenters. The van der Waals surface area contributed by atoms with Gasteiger partial charge in [0, 0.05) is 4.90 Å². The van der Waals surface area contributed by atoms with Crippen LogP contribution >= 0.6 is 12.6 Å². The highest BCUT2D eigenvalue weighted by atomic mass is 32.1. The van der Waals surface area contributed by atoms with Gasteiger partial charge in [0.25, 0.3) is 0 Å². The highest BCUT2D eigenvalue weighted by Crippen LogP contribution is 2.28. The topological polar surface area (TPSA) is 33.0 Å². The van der Waals surface area contributed by atoms with Crippen molar-refractivity contribution >= 4 is 12.6 Å². The van der Waals surface area contributed by atoms with E-state index in [4.69, 9.17) is 10.00 Å². The van der Waals surface area contributed by atoms with Crippen molar-refractivity contribution in [2.75, 3.05) is 7.11 Å². The van der Waals surface area contributed by atoms with E-state index in [2.05, 4.69) is 12.6 Å². The second-order valence-corrected chi connectivity index (χ2v) is 2.57. The Morgan fingerprint density at radius 3 is 2.67 bits per heavy atom. The van der Waals surface area contributed by atoms with Gasteiger partial charge in [-0.3, -0.25) is 0 Å². The molecular formula is C8H6FNOS. The molecule has 0 spiro atoms. The quantitative estimate of drug-likeness (QED) is 0.675. The molecule has 0 radical (unpaired) electrons. The molecule has 1 aromatic rings. The minimum Gasteiger partial charge on any atom is -0.494 e. The van der Waals surface area contributed by atoms with Crippen LogP contribution in [0.25, 0.3) is 0 Å². The van der Waals surface area contributed by atoms with Crippen molar-refractivity contribution in [2.45, 2.75) is 4.90 Å². The smallest absolute Gasteiger partial charge is 0.152 e. The van der Waals surface area contributed by atoms with E-state index in [9.17, 15) is 4.39 Å². The highest BCUT2D eigenvalue weighted by Gasteiger charge is 2.11. The molecule has 0 N–H and O–H groups in total. The summed E-state index contributed by atoms with van der Waals surface area (Å²) in [4.78, 5) is 0.454. The van der Waals surface area contributed by atoms with Gasteiger partial charge in [-0.1, -0.05) is 0 Å². The first-order chi connectivity index (χ1) is 5.70. The van der Waals surface area contributed by atoms with Crippen molar-refractivity contribution in [3.8, 4) is 11.8 Å². The summed E-state index contributed by atoms with van der Waals surface area (Å²) >= 11 is 4.01. The number of nitriles is 1. The van der Waals surface area contributed by atoms with Gasteiger partial charge in [-0.05, 0) is 12.1 Å². The third-order valence-electron chi connectivity index (χ3n) is 1.40. The lowest BCUT2D eigenvalue weighted by molar-refractivity contribution is 0.399. The molecule has 2 nitrogen and oxygen atoms in total. The van der Waals surface area contributed by atoms with Gasteiger partial charge in [0.2, 0.25) is 0 Å². The molecular weight excluding hydrogens is 177 g/mol. The number of nitrogens with zero attached hydrogens (tertiary/aromatic N) is 1. The maximum absolute atomic E-state index is 12.9. The number of hydrogen-bond donors (Lipinski definition) is 1. The third-order valence-corrected chi connectivity index (χ3v) is 1.75. The molecule has 0 aliphatic carbocycles. The van der Waals surface area contributed by atoms with Gasteiger partial charge in [0.15, 0.2) is 5.75 Å². The van der Waals surface area contributed by atoms with E-state index >= 15 is 0 Å². The van der Waals surface area contributed by atoms with Gasteiger partial charge in [-0.15, -0.1) is 12.6 Å². The predicted octanol–water partition coefficient (Wildman–Crippen LogP) is 1.99. The van der Waals surface area contributed by atoms with E-state index in [0.29, 0.717) is 4.90 Å². The lowest BCUT2D eigenvalue weighted by Crippen LogP contribution is -1.92. The molecule has 0 fully saturated rings. The lowest BCUT2D eigenvalue weighted by atomic mass is 10.2. The summed E-state index contributed by atoms with van der Waals surface area (Å²) in [5, 5.41) is 8.55. The largest absolute Gasteiger partial charge is 0.494 e. The van der Waals surface area contributed by atoms with Crippen molar-refractivity contribution in [3.63, 3.8) is 0 Å². The maximum atomic E-state index is 12.9.